The number of nitro groups is 1. The van der Waals surface area contributed by atoms with Gasteiger partial charge in [0, 0.05) is 16.1 Å². The second kappa shape index (κ2) is 9.41. The molecule has 0 bridgehead atoms. The number of hydrogen-bond acceptors (Lipinski definition) is 6. The van der Waals surface area contributed by atoms with E-state index in [1.54, 1.807) is 18.2 Å². The average Bonchev–Trinajstić information content (AvgIpc) is 3.18. The van der Waals surface area contributed by atoms with Gasteiger partial charge in [-0.2, -0.15) is 0 Å². The zero-order chi connectivity index (χ0) is 23.5. The van der Waals surface area contributed by atoms with E-state index in [9.17, 15) is 19.7 Å². The maximum atomic E-state index is 13.7. The van der Waals surface area contributed by atoms with Crippen LogP contribution >= 0.6 is 15.9 Å². The summed E-state index contributed by atoms with van der Waals surface area (Å²) in [5, 5.41) is 11.8. The van der Waals surface area contributed by atoms with Crippen molar-refractivity contribution in [3.05, 3.63) is 92.4 Å². The second-order valence-corrected chi connectivity index (χ2v) is 8.22. The third-order valence-corrected chi connectivity index (χ3v) is 6.07. The minimum atomic E-state index is -0.753. The number of imide groups is 1. The van der Waals surface area contributed by atoms with Crippen LogP contribution in [0.2, 0.25) is 0 Å². The molecule has 3 aromatic carbocycles. The van der Waals surface area contributed by atoms with E-state index in [0.29, 0.717) is 10.9 Å². The fraction of sp³-hybridized carbons (Fsp3) is 0.167. The number of nitrogens with zero attached hydrogens (tertiary/aromatic N) is 2. The van der Waals surface area contributed by atoms with Crippen molar-refractivity contribution < 1.29 is 24.0 Å². The lowest BCUT2D eigenvalue weighted by Crippen LogP contribution is -2.40. The Morgan fingerprint density at radius 3 is 2.55 bits per heavy atom. The zero-order valence-corrected chi connectivity index (χ0v) is 19.2. The summed E-state index contributed by atoms with van der Waals surface area (Å²) in [6.45, 7) is 0.0634. The predicted molar refractivity (Wildman–Crippen MR) is 124 cm³/mol. The summed E-state index contributed by atoms with van der Waals surface area (Å²) in [4.78, 5) is 38.6. The Hall–Kier alpha value is -3.72. The van der Waals surface area contributed by atoms with Crippen LogP contribution in [0.3, 0.4) is 0 Å². The molecular weight excluding hydrogens is 492 g/mol. The van der Waals surface area contributed by atoms with Crippen LogP contribution in [0.25, 0.3) is 11.1 Å². The molecule has 9 heteroatoms. The predicted octanol–water partition coefficient (Wildman–Crippen LogP) is 5.24. The minimum Gasteiger partial charge on any atom is -0.496 e. The molecule has 33 heavy (non-hydrogen) atoms. The smallest absolute Gasteiger partial charge is 0.417 e. The Labute approximate surface area is 198 Å². The van der Waals surface area contributed by atoms with E-state index in [0.717, 1.165) is 10.5 Å². The average molecular weight is 511 g/mol. The van der Waals surface area contributed by atoms with Crippen molar-refractivity contribution in [2.24, 2.45) is 0 Å². The number of halogens is 1. The number of ether oxygens (including phenoxy) is 2. The SMILES string of the molecule is COc1cccc(C(=O)N2C(=O)OC[C@@H]2Cc2ccccc2)c1-c1c(Br)cccc1[N+](=O)[O-]. The largest absolute Gasteiger partial charge is 0.496 e. The zero-order valence-electron chi connectivity index (χ0n) is 17.6. The number of methoxy groups -OCH3 is 1. The van der Waals surface area contributed by atoms with Gasteiger partial charge in [0.2, 0.25) is 0 Å². The van der Waals surface area contributed by atoms with Gasteiger partial charge in [0.25, 0.3) is 11.6 Å². The molecule has 0 aliphatic carbocycles. The van der Waals surface area contributed by atoms with Crippen LogP contribution in [-0.2, 0) is 11.2 Å². The van der Waals surface area contributed by atoms with Gasteiger partial charge in [-0.05, 0) is 46.1 Å². The molecular formula is C24H19BrN2O6. The molecule has 1 aliphatic heterocycles. The van der Waals surface area contributed by atoms with E-state index in [-0.39, 0.29) is 34.7 Å². The van der Waals surface area contributed by atoms with Crippen molar-refractivity contribution in [1.29, 1.82) is 0 Å². The lowest BCUT2D eigenvalue weighted by molar-refractivity contribution is -0.384. The highest BCUT2D eigenvalue weighted by atomic mass is 79.9. The van der Waals surface area contributed by atoms with E-state index in [1.165, 1.54) is 25.3 Å². The van der Waals surface area contributed by atoms with Crippen LogP contribution < -0.4 is 4.74 Å². The van der Waals surface area contributed by atoms with E-state index in [1.807, 2.05) is 30.3 Å². The maximum absolute atomic E-state index is 13.7. The van der Waals surface area contributed by atoms with Crippen LogP contribution in [0.15, 0.2) is 71.2 Å². The van der Waals surface area contributed by atoms with Crippen molar-refractivity contribution in [2.45, 2.75) is 12.5 Å². The summed E-state index contributed by atoms with van der Waals surface area (Å²) >= 11 is 3.37. The fourth-order valence-electron chi connectivity index (χ4n) is 3.93. The standard InChI is InChI=1S/C24H19BrN2O6/c1-32-20-12-5-9-17(21(20)22-18(25)10-6-11-19(22)27(30)31)23(28)26-16(14-33-24(26)29)13-15-7-3-2-4-8-15/h2-12,16H,13-14H2,1H3/t16-/m0/s1. The number of cyclic esters (lactones) is 1. The Bertz CT molecular complexity index is 1230. The topological polar surface area (TPSA) is 99.0 Å². The maximum Gasteiger partial charge on any atom is 0.417 e. The Morgan fingerprint density at radius 2 is 1.85 bits per heavy atom. The van der Waals surface area contributed by atoms with Gasteiger partial charge in [0.15, 0.2) is 0 Å². The fourth-order valence-corrected chi connectivity index (χ4v) is 4.48. The van der Waals surface area contributed by atoms with Crippen LogP contribution in [0.4, 0.5) is 10.5 Å². The Balaban J connectivity index is 1.83. The van der Waals surface area contributed by atoms with Crippen molar-refractivity contribution >= 4 is 33.6 Å². The van der Waals surface area contributed by atoms with Crippen LogP contribution in [-0.4, -0.2) is 41.6 Å². The molecule has 4 rings (SSSR count). The minimum absolute atomic E-state index is 0.0634. The van der Waals surface area contributed by atoms with E-state index in [4.69, 9.17) is 9.47 Å². The highest BCUT2D eigenvalue weighted by Crippen LogP contribution is 2.43. The monoisotopic (exact) mass is 510 g/mol. The van der Waals surface area contributed by atoms with Gasteiger partial charge in [-0.1, -0.05) is 42.5 Å². The second-order valence-electron chi connectivity index (χ2n) is 7.37. The molecule has 3 aromatic rings. The number of benzene rings is 3. The van der Waals surface area contributed by atoms with Gasteiger partial charge in [-0.15, -0.1) is 0 Å². The molecule has 1 aliphatic rings. The number of hydrogen-bond donors (Lipinski definition) is 0. The quantitative estimate of drug-likeness (QED) is 0.332. The molecule has 0 unspecified atom stereocenters. The molecule has 0 radical (unpaired) electrons. The third kappa shape index (κ3) is 4.31. The van der Waals surface area contributed by atoms with Gasteiger partial charge in [0.05, 0.1) is 29.2 Å². The molecule has 1 atom stereocenters. The summed E-state index contributed by atoms with van der Waals surface area (Å²) in [7, 11) is 1.41. The first-order chi connectivity index (χ1) is 15.9. The van der Waals surface area contributed by atoms with Gasteiger partial charge < -0.3 is 9.47 Å². The van der Waals surface area contributed by atoms with Gasteiger partial charge in [0.1, 0.15) is 12.4 Å². The summed E-state index contributed by atoms with van der Waals surface area (Å²) in [5.74, 6) is -0.347. The molecule has 0 saturated carbocycles. The van der Waals surface area contributed by atoms with Gasteiger partial charge >= 0.3 is 6.09 Å². The number of amides is 2. The first kappa shape index (κ1) is 22.5. The van der Waals surface area contributed by atoms with Crippen molar-refractivity contribution in [3.8, 4) is 16.9 Å². The van der Waals surface area contributed by atoms with Gasteiger partial charge in [-0.25, -0.2) is 9.69 Å². The molecule has 1 fully saturated rings. The van der Waals surface area contributed by atoms with Crippen LogP contribution in [0.5, 0.6) is 5.75 Å². The summed E-state index contributed by atoms with van der Waals surface area (Å²) in [6.07, 6.45) is -0.330. The number of carbonyl (C=O) groups excluding carboxylic acids is 2. The van der Waals surface area contributed by atoms with Crippen molar-refractivity contribution in [2.75, 3.05) is 13.7 Å². The summed E-state index contributed by atoms with van der Waals surface area (Å²) in [5.41, 5.74) is 1.26. The van der Waals surface area contributed by atoms with E-state index in [2.05, 4.69) is 15.9 Å². The molecule has 2 amide bonds. The van der Waals surface area contributed by atoms with Crippen molar-refractivity contribution in [1.82, 2.24) is 4.90 Å². The Morgan fingerprint density at radius 1 is 1.12 bits per heavy atom. The molecule has 0 spiro atoms. The molecule has 8 nitrogen and oxygen atoms in total. The van der Waals surface area contributed by atoms with Crippen molar-refractivity contribution in [3.63, 3.8) is 0 Å². The molecule has 1 saturated heterocycles. The normalized spacial score (nSPS) is 15.3. The van der Waals surface area contributed by atoms with Crippen LogP contribution in [0, 0.1) is 10.1 Å². The summed E-state index contributed by atoms with van der Waals surface area (Å²) in [6, 6.07) is 18.2. The first-order valence-electron chi connectivity index (χ1n) is 10.1. The molecule has 0 N–H and O–H groups in total. The Kier molecular flexibility index (Phi) is 6.41. The highest BCUT2D eigenvalue weighted by molar-refractivity contribution is 9.10. The molecule has 1 heterocycles. The lowest BCUT2D eigenvalue weighted by Gasteiger charge is -2.22. The van der Waals surface area contributed by atoms with E-state index >= 15 is 0 Å². The molecule has 0 aromatic heterocycles. The van der Waals surface area contributed by atoms with Crippen LogP contribution in [0.1, 0.15) is 15.9 Å². The lowest BCUT2D eigenvalue weighted by atomic mass is 9.95. The van der Waals surface area contributed by atoms with Gasteiger partial charge in [-0.3, -0.25) is 14.9 Å². The number of carbonyl (C=O) groups is 2. The summed E-state index contributed by atoms with van der Waals surface area (Å²) < 4.78 is 11.1. The third-order valence-electron chi connectivity index (χ3n) is 5.41. The highest BCUT2D eigenvalue weighted by Gasteiger charge is 2.40. The first-order valence-corrected chi connectivity index (χ1v) is 10.9. The number of nitro benzene ring substituents is 1. The number of rotatable bonds is 6. The van der Waals surface area contributed by atoms with E-state index < -0.39 is 23.0 Å². The molecule has 168 valence electrons.